The Morgan fingerprint density at radius 3 is 2.78 bits per heavy atom. The Bertz CT molecular complexity index is 487. The third-order valence-corrected chi connectivity index (χ3v) is 5.53. The SMILES string of the molecule is O=C(O)CCC/C=C/CC1CSCC1CCOc1ccccc1. The third-order valence-electron chi connectivity index (χ3n) is 4.20. The van der Waals surface area contributed by atoms with Crippen molar-refractivity contribution < 1.29 is 14.6 Å². The first-order valence-electron chi connectivity index (χ1n) is 8.38. The van der Waals surface area contributed by atoms with E-state index in [2.05, 4.69) is 12.2 Å². The molecule has 0 radical (unpaired) electrons. The molecule has 1 saturated heterocycles. The minimum atomic E-state index is -0.705. The van der Waals surface area contributed by atoms with Crippen molar-refractivity contribution in [2.45, 2.75) is 32.1 Å². The largest absolute Gasteiger partial charge is 0.494 e. The number of allylic oxidation sites excluding steroid dienone is 2. The Labute approximate surface area is 143 Å². The second kappa shape index (κ2) is 10.4. The van der Waals surface area contributed by atoms with Crippen LogP contribution in [0.2, 0.25) is 0 Å². The van der Waals surface area contributed by atoms with Gasteiger partial charge in [-0.2, -0.15) is 11.8 Å². The highest BCUT2D eigenvalue weighted by Gasteiger charge is 2.26. The summed E-state index contributed by atoms with van der Waals surface area (Å²) in [5, 5.41) is 8.60. The fraction of sp³-hybridized carbons (Fsp3) is 0.526. The van der Waals surface area contributed by atoms with Crippen LogP contribution in [0.5, 0.6) is 5.75 Å². The predicted octanol–water partition coefficient (Wildman–Crippen LogP) is 4.64. The van der Waals surface area contributed by atoms with Gasteiger partial charge in [0.2, 0.25) is 0 Å². The molecule has 1 aromatic rings. The molecule has 1 aliphatic rings. The maximum absolute atomic E-state index is 10.4. The average Bonchev–Trinajstić information content (AvgIpc) is 2.99. The summed E-state index contributed by atoms with van der Waals surface area (Å²) in [6.07, 6.45) is 8.47. The van der Waals surface area contributed by atoms with Gasteiger partial charge in [-0.15, -0.1) is 0 Å². The number of ether oxygens (including phenoxy) is 1. The zero-order valence-electron chi connectivity index (χ0n) is 13.5. The molecule has 1 N–H and O–H groups in total. The minimum absolute atomic E-state index is 0.267. The van der Waals surface area contributed by atoms with E-state index < -0.39 is 5.97 Å². The molecule has 0 aliphatic carbocycles. The van der Waals surface area contributed by atoms with Gasteiger partial charge in [-0.1, -0.05) is 30.4 Å². The topological polar surface area (TPSA) is 46.5 Å². The number of carbonyl (C=O) groups is 1. The van der Waals surface area contributed by atoms with Gasteiger partial charge in [0.1, 0.15) is 5.75 Å². The molecule has 0 bridgehead atoms. The Balaban J connectivity index is 1.62. The molecule has 0 aromatic heterocycles. The van der Waals surface area contributed by atoms with Crippen molar-refractivity contribution in [1.29, 1.82) is 0 Å². The maximum Gasteiger partial charge on any atom is 0.303 e. The van der Waals surface area contributed by atoms with Gasteiger partial charge in [0.25, 0.3) is 0 Å². The van der Waals surface area contributed by atoms with Crippen molar-refractivity contribution >= 4 is 17.7 Å². The number of para-hydroxylation sites is 1. The van der Waals surface area contributed by atoms with Crippen molar-refractivity contribution in [3.05, 3.63) is 42.5 Å². The Morgan fingerprint density at radius 1 is 1.22 bits per heavy atom. The lowest BCUT2D eigenvalue weighted by atomic mass is 9.90. The summed E-state index contributed by atoms with van der Waals surface area (Å²) in [4.78, 5) is 10.4. The van der Waals surface area contributed by atoms with Crippen LogP contribution >= 0.6 is 11.8 Å². The number of hydrogen-bond donors (Lipinski definition) is 1. The van der Waals surface area contributed by atoms with Crippen molar-refractivity contribution in [3.63, 3.8) is 0 Å². The maximum atomic E-state index is 10.4. The van der Waals surface area contributed by atoms with Crippen molar-refractivity contribution in [3.8, 4) is 5.75 Å². The van der Waals surface area contributed by atoms with Gasteiger partial charge in [-0.05, 0) is 61.2 Å². The molecule has 2 rings (SSSR count). The van der Waals surface area contributed by atoms with E-state index in [1.807, 2.05) is 42.1 Å². The first kappa shape index (κ1) is 17.9. The molecule has 0 spiro atoms. The molecule has 2 unspecified atom stereocenters. The molecule has 1 aromatic carbocycles. The van der Waals surface area contributed by atoms with Crippen LogP contribution in [0.15, 0.2) is 42.5 Å². The summed E-state index contributed by atoms with van der Waals surface area (Å²) in [6, 6.07) is 10.00. The highest BCUT2D eigenvalue weighted by molar-refractivity contribution is 7.99. The highest BCUT2D eigenvalue weighted by Crippen LogP contribution is 2.34. The normalized spacial score (nSPS) is 20.9. The van der Waals surface area contributed by atoms with Gasteiger partial charge >= 0.3 is 5.97 Å². The molecule has 1 fully saturated rings. The lowest BCUT2D eigenvalue weighted by molar-refractivity contribution is -0.137. The highest BCUT2D eigenvalue weighted by atomic mass is 32.2. The molecule has 1 aliphatic heterocycles. The number of benzene rings is 1. The molecule has 3 nitrogen and oxygen atoms in total. The van der Waals surface area contributed by atoms with E-state index in [0.717, 1.165) is 49.9 Å². The molecular weight excluding hydrogens is 308 g/mol. The molecule has 1 heterocycles. The summed E-state index contributed by atoms with van der Waals surface area (Å²) in [5.41, 5.74) is 0. The summed E-state index contributed by atoms with van der Waals surface area (Å²) >= 11 is 2.04. The van der Waals surface area contributed by atoms with E-state index in [1.54, 1.807) is 0 Å². The Hall–Kier alpha value is -1.42. The van der Waals surface area contributed by atoms with Crippen LogP contribution < -0.4 is 4.74 Å². The standard InChI is InChI=1S/C19H26O3S/c20-19(21)11-7-2-1-4-8-16-14-23-15-17(16)12-13-22-18-9-5-3-6-10-18/h1,3-6,9-10,16-17H,2,7-8,11-15H2,(H,20,21)/b4-1+. The fourth-order valence-corrected chi connectivity index (χ4v) is 4.42. The first-order chi connectivity index (χ1) is 11.3. The summed E-state index contributed by atoms with van der Waals surface area (Å²) in [6.45, 7) is 0.786. The van der Waals surface area contributed by atoms with Gasteiger partial charge in [-0.3, -0.25) is 4.79 Å². The zero-order chi connectivity index (χ0) is 16.3. The lowest BCUT2D eigenvalue weighted by Crippen LogP contribution is -2.15. The molecule has 23 heavy (non-hydrogen) atoms. The molecule has 126 valence electrons. The van der Waals surface area contributed by atoms with Crippen molar-refractivity contribution in [1.82, 2.24) is 0 Å². The Kier molecular flexibility index (Phi) is 8.08. The molecule has 0 amide bonds. The first-order valence-corrected chi connectivity index (χ1v) is 9.53. The number of carboxylic acid groups (broad SMARTS) is 1. The van der Waals surface area contributed by atoms with E-state index in [1.165, 1.54) is 11.5 Å². The number of unbranched alkanes of at least 4 members (excludes halogenated alkanes) is 1. The van der Waals surface area contributed by atoms with Crippen LogP contribution in [0.3, 0.4) is 0 Å². The summed E-state index contributed by atoms with van der Waals surface area (Å²) in [5.74, 6) is 4.17. The fourth-order valence-electron chi connectivity index (χ4n) is 2.83. The van der Waals surface area contributed by atoms with Gasteiger partial charge in [0.05, 0.1) is 6.61 Å². The minimum Gasteiger partial charge on any atom is -0.494 e. The number of carboxylic acids is 1. The quantitative estimate of drug-likeness (QED) is 0.500. The lowest BCUT2D eigenvalue weighted by Gasteiger charge is -2.17. The van der Waals surface area contributed by atoms with Gasteiger partial charge in [0.15, 0.2) is 0 Å². The number of thioether (sulfide) groups is 1. The van der Waals surface area contributed by atoms with E-state index in [9.17, 15) is 4.79 Å². The van der Waals surface area contributed by atoms with Crippen LogP contribution in [-0.2, 0) is 4.79 Å². The number of aliphatic carboxylic acids is 1. The van der Waals surface area contributed by atoms with E-state index in [4.69, 9.17) is 9.84 Å². The van der Waals surface area contributed by atoms with Crippen LogP contribution in [0.1, 0.15) is 32.1 Å². The zero-order valence-corrected chi connectivity index (χ0v) is 14.3. The smallest absolute Gasteiger partial charge is 0.303 e. The van der Waals surface area contributed by atoms with Crippen LogP contribution in [-0.4, -0.2) is 29.2 Å². The Morgan fingerprint density at radius 2 is 2.00 bits per heavy atom. The summed E-state index contributed by atoms with van der Waals surface area (Å²) < 4.78 is 5.81. The molecular formula is C19H26O3S. The second-order valence-electron chi connectivity index (χ2n) is 6.00. The molecule has 0 saturated carbocycles. The van der Waals surface area contributed by atoms with E-state index in [0.29, 0.717) is 0 Å². The molecule has 2 atom stereocenters. The average molecular weight is 334 g/mol. The van der Waals surface area contributed by atoms with Crippen molar-refractivity contribution in [2.75, 3.05) is 18.1 Å². The second-order valence-corrected chi connectivity index (χ2v) is 7.08. The number of rotatable bonds is 10. The summed E-state index contributed by atoms with van der Waals surface area (Å²) in [7, 11) is 0. The van der Waals surface area contributed by atoms with E-state index >= 15 is 0 Å². The molecule has 4 heteroatoms. The van der Waals surface area contributed by atoms with Crippen LogP contribution in [0, 0.1) is 11.8 Å². The van der Waals surface area contributed by atoms with Crippen LogP contribution in [0.25, 0.3) is 0 Å². The predicted molar refractivity (Wildman–Crippen MR) is 96.1 cm³/mol. The van der Waals surface area contributed by atoms with Gasteiger partial charge < -0.3 is 9.84 Å². The monoisotopic (exact) mass is 334 g/mol. The number of hydrogen-bond acceptors (Lipinski definition) is 3. The van der Waals surface area contributed by atoms with Gasteiger partial charge in [-0.25, -0.2) is 0 Å². The third kappa shape index (κ3) is 7.12. The van der Waals surface area contributed by atoms with Crippen molar-refractivity contribution in [2.24, 2.45) is 11.8 Å². The van der Waals surface area contributed by atoms with Gasteiger partial charge in [0, 0.05) is 6.42 Å². The van der Waals surface area contributed by atoms with E-state index in [-0.39, 0.29) is 6.42 Å². The van der Waals surface area contributed by atoms with Crippen LogP contribution in [0.4, 0.5) is 0 Å².